The van der Waals surface area contributed by atoms with Crippen LogP contribution < -0.4 is 5.73 Å². The number of hydrogen-bond donors (Lipinski definition) is 2. The first-order valence-electron chi connectivity index (χ1n) is 11.5. The summed E-state index contributed by atoms with van der Waals surface area (Å²) in [5.74, 6) is -0.510. The van der Waals surface area contributed by atoms with Crippen molar-refractivity contribution in [1.82, 2.24) is 9.88 Å². The molecule has 1 aromatic heterocycles. The molecular formula is C27H29N3O4. The Morgan fingerprint density at radius 1 is 1.15 bits per heavy atom. The van der Waals surface area contributed by atoms with Gasteiger partial charge >= 0.3 is 6.09 Å². The first-order valence-corrected chi connectivity index (χ1v) is 11.5. The molecule has 0 spiro atoms. The fraction of sp³-hybridized carbons (Fsp3) is 0.296. The van der Waals surface area contributed by atoms with Crippen molar-refractivity contribution in [2.24, 2.45) is 5.73 Å². The highest BCUT2D eigenvalue weighted by molar-refractivity contribution is 5.92. The number of carbonyl (C=O) groups is 2. The molecule has 7 nitrogen and oxygen atoms in total. The van der Waals surface area contributed by atoms with Crippen LogP contribution in [0, 0.1) is 0 Å². The second-order valence-electron chi connectivity index (χ2n) is 8.59. The Kier molecular flexibility index (Phi) is 6.93. The monoisotopic (exact) mass is 459 g/mol. The molecule has 0 radical (unpaired) electrons. The van der Waals surface area contributed by atoms with Crippen molar-refractivity contribution in [3.8, 4) is 11.3 Å². The lowest BCUT2D eigenvalue weighted by Gasteiger charge is -2.43. The summed E-state index contributed by atoms with van der Waals surface area (Å²) in [6, 6.07) is 20.9. The van der Waals surface area contributed by atoms with Crippen molar-refractivity contribution in [2.45, 2.75) is 37.8 Å². The number of nitrogens with zero attached hydrogens (tertiary/aromatic N) is 2. The number of pyridine rings is 1. The molecule has 0 bridgehead atoms. The first-order chi connectivity index (χ1) is 16.4. The minimum Gasteiger partial charge on any atom is -0.438 e. The molecule has 2 aromatic carbocycles. The Morgan fingerprint density at radius 2 is 1.88 bits per heavy atom. The van der Waals surface area contributed by atoms with Crippen molar-refractivity contribution in [3.63, 3.8) is 0 Å². The largest absolute Gasteiger partial charge is 0.438 e. The Bertz CT molecular complexity index is 1130. The quantitative estimate of drug-likeness (QED) is 0.519. The molecule has 4 rings (SSSR count). The number of carbonyl (C=O) groups excluding carboxylic acids is 2. The zero-order chi connectivity index (χ0) is 24.1. The van der Waals surface area contributed by atoms with E-state index < -0.39 is 11.5 Å². The summed E-state index contributed by atoms with van der Waals surface area (Å²) in [7, 11) is 0. The Hall–Kier alpha value is -3.71. The first kappa shape index (κ1) is 23.4. The van der Waals surface area contributed by atoms with E-state index in [4.69, 9.17) is 10.5 Å². The number of benzene rings is 2. The van der Waals surface area contributed by atoms with Gasteiger partial charge < -0.3 is 20.5 Å². The molecule has 2 amide bonds. The molecular weight excluding hydrogens is 430 g/mol. The number of amides is 2. The lowest BCUT2D eigenvalue weighted by atomic mass is 9.84. The number of ether oxygens (including phenoxy) is 1. The molecule has 3 aromatic rings. The van der Waals surface area contributed by atoms with E-state index in [1.54, 1.807) is 17.0 Å². The Morgan fingerprint density at radius 3 is 2.47 bits per heavy atom. The van der Waals surface area contributed by atoms with Crippen LogP contribution in [0.15, 0.2) is 72.9 Å². The minimum atomic E-state index is -0.718. The van der Waals surface area contributed by atoms with E-state index in [0.717, 1.165) is 22.4 Å². The van der Waals surface area contributed by atoms with Gasteiger partial charge in [0.15, 0.2) is 0 Å². The van der Waals surface area contributed by atoms with E-state index in [0.29, 0.717) is 31.4 Å². The van der Waals surface area contributed by atoms with Crippen LogP contribution in [0.4, 0.5) is 4.79 Å². The number of aliphatic hydroxyl groups excluding tert-OH is 1. The van der Waals surface area contributed by atoms with Gasteiger partial charge in [-0.1, -0.05) is 54.6 Å². The van der Waals surface area contributed by atoms with E-state index in [-0.39, 0.29) is 18.7 Å². The van der Waals surface area contributed by atoms with Gasteiger partial charge in [0.2, 0.25) is 5.91 Å². The molecule has 176 valence electrons. The normalized spacial score (nSPS) is 18.9. The molecule has 0 saturated carbocycles. The topological polar surface area (TPSA) is 106 Å². The predicted molar refractivity (Wildman–Crippen MR) is 129 cm³/mol. The molecule has 7 heteroatoms. The van der Waals surface area contributed by atoms with Gasteiger partial charge in [-0.3, -0.25) is 9.78 Å². The fourth-order valence-corrected chi connectivity index (χ4v) is 4.47. The summed E-state index contributed by atoms with van der Waals surface area (Å²) in [6.07, 6.45) is 2.91. The molecule has 34 heavy (non-hydrogen) atoms. The van der Waals surface area contributed by atoms with E-state index in [1.165, 1.54) is 6.20 Å². The Balaban J connectivity index is 1.49. The highest BCUT2D eigenvalue weighted by atomic mass is 16.6. The number of aliphatic hydroxyl groups is 1. The number of aromatic nitrogens is 1. The third-order valence-electron chi connectivity index (χ3n) is 6.52. The van der Waals surface area contributed by atoms with Gasteiger partial charge in [-0.15, -0.1) is 0 Å². The molecule has 0 aliphatic carbocycles. The smallest absolute Gasteiger partial charge is 0.411 e. The molecule has 2 atom stereocenters. The van der Waals surface area contributed by atoms with Crippen LogP contribution in [0.3, 0.4) is 0 Å². The molecule has 2 heterocycles. The van der Waals surface area contributed by atoms with Crippen molar-refractivity contribution >= 4 is 12.0 Å². The second kappa shape index (κ2) is 10.1. The average molecular weight is 460 g/mol. The summed E-state index contributed by atoms with van der Waals surface area (Å²) < 4.78 is 6.07. The van der Waals surface area contributed by atoms with Crippen molar-refractivity contribution in [1.29, 1.82) is 0 Å². The van der Waals surface area contributed by atoms with E-state index in [9.17, 15) is 14.7 Å². The third kappa shape index (κ3) is 4.79. The lowest BCUT2D eigenvalue weighted by molar-refractivity contribution is -0.0680. The fourth-order valence-electron chi connectivity index (χ4n) is 4.47. The second-order valence-corrected chi connectivity index (χ2v) is 8.59. The lowest BCUT2D eigenvalue weighted by Crippen LogP contribution is -2.48. The minimum absolute atomic E-state index is 0.0543. The highest BCUT2D eigenvalue weighted by Crippen LogP contribution is 2.40. The number of rotatable bonds is 8. The van der Waals surface area contributed by atoms with Gasteiger partial charge in [-0.25, -0.2) is 4.79 Å². The summed E-state index contributed by atoms with van der Waals surface area (Å²) in [5.41, 5.74) is 8.51. The summed E-state index contributed by atoms with van der Waals surface area (Å²) in [5, 5.41) is 9.38. The molecule has 1 aliphatic heterocycles. The van der Waals surface area contributed by atoms with Crippen molar-refractivity contribution < 1.29 is 19.4 Å². The maximum absolute atomic E-state index is 13.1. The van der Waals surface area contributed by atoms with E-state index in [2.05, 4.69) is 4.98 Å². The summed E-state index contributed by atoms with van der Waals surface area (Å²) in [4.78, 5) is 30.4. The summed E-state index contributed by atoms with van der Waals surface area (Å²) in [6.45, 7) is 2.59. The van der Waals surface area contributed by atoms with Crippen LogP contribution in [-0.4, -0.2) is 40.1 Å². The maximum Gasteiger partial charge on any atom is 0.411 e. The van der Waals surface area contributed by atoms with Gasteiger partial charge in [0.05, 0.1) is 17.3 Å². The standard InChI is InChI=1S/C27H29N3O4/c1-19(20-8-10-21(11-9-20)24-13-12-22(18-29-24)25(28)32)30-16-15-27(14-5-17-31,34-26(30)33)23-6-3-2-4-7-23/h2-4,6-13,18-19,31H,5,14-17H2,1H3,(H2,28,32)/t19?,27-/m1/s1. The summed E-state index contributed by atoms with van der Waals surface area (Å²) >= 11 is 0. The molecule has 1 aliphatic rings. The number of cyclic esters (lactones) is 1. The van der Waals surface area contributed by atoms with Crippen LogP contribution >= 0.6 is 0 Å². The predicted octanol–water partition coefficient (Wildman–Crippen LogP) is 4.42. The van der Waals surface area contributed by atoms with Gasteiger partial charge in [0.1, 0.15) is 5.60 Å². The molecule has 3 N–H and O–H groups in total. The average Bonchev–Trinajstić information content (AvgIpc) is 2.88. The van der Waals surface area contributed by atoms with E-state index >= 15 is 0 Å². The van der Waals surface area contributed by atoms with Crippen molar-refractivity contribution in [2.75, 3.05) is 13.2 Å². The van der Waals surface area contributed by atoms with Crippen LogP contribution in [0.2, 0.25) is 0 Å². The maximum atomic E-state index is 13.1. The molecule has 1 fully saturated rings. The molecule has 1 saturated heterocycles. The van der Waals surface area contributed by atoms with Gasteiger partial charge in [0, 0.05) is 31.3 Å². The highest BCUT2D eigenvalue weighted by Gasteiger charge is 2.43. The number of nitrogens with two attached hydrogens (primary N) is 1. The molecule has 1 unspecified atom stereocenters. The van der Waals surface area contributed by atoms with Crippen LogP contribution in [0.5, 0.6) is 0 Å². The number of primary amides is 1. The van der Waals surface area contributed by atoms with Gasteiger partial charge in [0.25, 0.3) is 0 Å². The zero-order valence-electron chi connectivity index (χ0n) is 19.2. The SMILES string of the molecule is CC(c1ccc(-c2ccc(C(N)=O)cn2)cc1)N1CC[C@](CCCO)(c2ccccc2)OC1=O. The van der Waals surface area contributed by atoms with E-state index in [1.807, 2.05) is 61.5 Å². The van der Waals surface area contributed by atoms with Crippen molar-refractivity contribution in [3.05, 3.63) is 89.6 Å². The number of hydrogen-bond acceptors (Lipinski definition) is 5. The zero-order valence-corrected chi connectivity index (χ0v) is 19.2. The van der Waals surface area contributed by atoms with Gasteiger partial charge in [-0.2, -0.15) is 0 Å². The van der Waals surface area contributed by atoms with Crippen LogP contribution in [0.25, 0.3) is 11.3 Å². The third-order valence-corrected chi connectivity index (χ3v) is 6.52. The van der Waals surface area contributed by atoms with Crippen LogP contribution in [-0.2, 0) is 10.3 Å². The van der Waals surface area contributed by atoms with Crippen LogP contribution in [0.1, 0.15) is 53.7 Å². The van der Waals surface area contributed by atoms with Gasteiger partial charge in [-0.05, 0) is 43.0 Å². The Labute approximate surface area is 199 Å².